The lowest BCUT2D eigenvalue weighted by molar-refractivity contribution is 0.0242. The third-order valence-corrected chi connectivity index (χ3v) is 7.54. The van der Waals surface area contributed by atoms with Gasteiger partial charge in [0.05, 0.1) is 0 Å². The molecule has 0 bridgehead atoms. The number of hydrogen-bond acceptors (Lipinski definition) is 0. The molecule has 5 atom stereocenters. The van der Waals surface area contributed by atoms with Crippen molar-refractivity contribution >= 4 is 15.9 Å². The molecule has 0 aromatic rings. The second-order valence-corrected chi connectivity index (χ2v) is 8.62. The van der Waals surface area contributed by atoms with Crippen LogP contribution >= 0.6 is 15.9 Å². The van der Waals surface area contributed by atoms with Crippen LogP contribution in [0.1, 0.15) is 58.3 Å². The van der Waals surface area contributed by atoms with Gasteiger partial charge in [-0.3, -0.25) is 0 Å². The van der Waals surface area contributed by atoms with E-state index in [1.54, 1.807) is 5.57 Å². The minimum absolute atomic E-state index is 0.494. The molecule has 5 unspecified atom stereocenters. The van der Waals surface area contributed by atoms with E-state index in [9.17, 15) is 0 Å². The molecule has 2 fully saturated rings. The molecule has 0 N–H and O–H groups in total. The second-order valence-electron chi connectivity index (χ2n) is 7.61. The Morgan fingerprint density at radius 2 is 2.05 bits per heavy atom. The highest BCUT2D eigenvalue weighted by Gasteiger charge is 2.51. The fourth-order valence-corrected chi connectivity index (χ4v) is 6.35. The minimum Gasteiger partial charge on any atom is -0.0804 e. The molecule has 104 valence electrons. The van der Waals surface area contributed by atoms with Gasteiger partial charge in [-0.1, -0.05) is 41.8 Å². The highest BCUT2D eigenvalue weighted by molar-refractivity contribution is 9.11. The summed E-state index contributed by atoms with van der Waals surface area (Å²) < 4.78 is 1.42. The molecule has 4 aliphatic rings. The van der Waals surface area contributed by atoms with Gasteiger partial charge in [-0.25, -0.2) is 0 Å². The van der Waals surface area contributed by atoms with Gasteiger partial charge in [-0.15, -0.1) is 0 Å². The molecule has 0 heterocycles. The maximum atomic E-state index is 3.73. The Balaban J connectivity index is 1.71. The van der Waals surface area contributed by atoms with Crippen molar-refractivity contribution in [1.82, 2.24) is 0 Å². The molecule has 0 saturated heterocycles. The van der Waals surface area contributed by atoms with Gasteiger partial charge >= 0.3 is 0 Å². The van der Waals surface area contributed by atoms with Gasteiger partial charge in [-0.2, -0.15) is 0 Å². The fourth-order valence-electron chi connectivity index (χ4n) is 5.91. The zero-order chi connectivity index (χ0) is 13.0. The van der Waals surface area contributed by atoms with E-state index < -0.39 is 0 Å². The molecule has 0 aromatic heterocycles. The lowest BCUT2D eigenvalue weighted by atomic mass is 9.51. The topological polar surface area (TPSA) is 0 Å². The van der Waals surface area contributed by atoms with Crippen molar-refractivity contribution in [2.45, 2.75) is 58.3 Å². The molecule has 4 rings (SSSR count). The van der Waals surface area contributed by atoms with Gasteiger partial charge in [0.2, 0.25) is 0 Å². The molecule has 0 aliphatic heterocycles. The van der Waals surface area contributed by atoms with Crippen molar-refractivity contribution in [3.05, 3.63) is 22.2 Å². The van der Waals surface area contributed by atoms with Crippen molar-refractivity contribution in [1.29, 1.82) is 0 Å². The number of rotatable bonds is 0. The van der Waals surface area contributed by atoms with Crippen LogP contribution in [0.25, 0.3) is 0 Å². The zero-order valence-electron chi connectivity index (χ0n) is 12.0. The first-order valence-electron chi connectivity index (χ1n) is 8.25. The molecule has 1 heteroatoms. The predicted molar refractivity (Wildman–Crippen MR) is 84.1 cm³/mol. The van der Waals surface area contributed by atoms with Gasteiger partial charge in [0.1, 0.15) is 0 Å². The van der Waals surface area contributed by atoms with Crippen LogP contribution in [0.15, 0.2) is 22.2 Å². The van der Waals surface area contributed by atoms with Crippen molar-refractivity contribution in [3.63, 3.8) is 0 Å². The summed E-state index contributed by atoms with van der Waals surface area (Å²) >= 11 is 3.73. The molecule has 0 amide bonds. The maximum absolute atomic E-state index is 3.73. The van der Waals surface area contributed by atoms with Crippen LogP contribution in [-0.4, -0.2) is 0 Å². The smallest absolute Gasteiger partial charge is 0.00437 e. The van der Waals surface area contributed by atoms with Crippen LogP contribution in [0, 0.1) is 29.1 Å². The summed E-state index contributed by atoms with van der Waals surface area (Å²) in [6, 6.07) is 0. The number of hydrogen-bond donors (Lipinski definition) is 0. The van der Waals surface area contributed by atoms with Gasteiger partial charge in [0.15, 0.2) is 0 Å². The monoisotopic (exact) mass is 320 g/mol. The van der Waals surface area contributed by atoms with E-state index in [4.69, 9.17) is 0 Å². The summed E-state index contributed by atoms with van der Waals surface area (Å²) in [6.07, 6.45) is 16.6. The predicted octanol–water partition coefficient (Wildman–Crippen LogP) is 5.84. The quantitative estimate of drug-likeness (QED) is 0.526. The van der Waals surface area contributed by atoms with Gasteiger partial charge in [0, 0.05) is 0 Å². The molecule has 0 aromatic carbocycles. The van der Waals surface area contributed by atoms with E-state index in [0.29, 0.717) is 5.41 Å². The lowest BCUT2D eigenvalue weighted by Crippen LogP contribution is -2.45. The van der Waals surface area contributed by atoms with Crippen LogP contribution in [0.4, 0.5) is 0 Å². The van der Waals surface area contributed by atoms with Crippen LogP contribution in [0.3, 0.4) is 0 Å². The van der Waals surface area contributed by atoms with Gasteiger partial charge in [-0.05, 0) is 83.7 Å². The first-order chi connectivity index (χ1) is 9.18. The van der Waals surface area contributed by atoms with E-state index in [0.717, 1.165) is 23.7 Å². The Bertz CT molecular complexity index is 447. The lowest BCUT2D eigenvalue weighted by Gasteiger charge is -2.53. The molecule has 2 saturated carbocycles. The molecule has 0 nitrogen and oxygen atoms in total. The summed E-state index contributed by atoms with van der Waals surface area (Å²) in [5.41, 5.74) is 2.15. The molecular weight excluding hydrogens is 296 g/mol. The average Bonchev–Trinajstić information content (AvgIpc) is 2.88. The Morgan fingerprint density at radius 1 is 1.16 bits per heavy atom. The average molecular weight is 321 g/mol. The van der Waals surface area contributed by atoms with Crippen LogP contribution in [0.5, 0.6) is 0 Å². The number of allylic oxidation sites excluding steroid dienone is 4. The Hall–Kier alpha value is -0.0400. The maximum Gasteiger partial charge on any atom is -0.00437 e. The van der Waals surface area contributed by atoms with Crippen LogP contribution < -0.4 is 0 Å². The van der Waals surface area contributed by atoms with E-state index >= 15 is 0 Å². The third kappa shape index (κ3) is 1.83. The Morgan fingerprint density at radius 3 is 2.95 bits per heavy atom. The highest BCUT2D eigenvalue weighted by atomic mass is 79.9. The molecule has 0 radical (unpaired) electrons. The fraction of sp³-hybridized carbons (Fsp3) is 0.778. The molecule has 4 aliphatic carbocycles. The van der Waals surface area contributed by atoms with Crippen molar-refractivity contribution in [2.24, 2.45) is 29.1 Å². The molecule has 19 heavy (non-hydrogen) atoms. The van der Waals surface area contributed by atoms with Gasteiger partial charge < -0.3 is 0 Å². The van der Waals surface area contributed by atoms with Crippen LogP contribution in [0.2, 0.25) is 0 Å². The van der Waals surface area contributed by atoms with Crippen molar-refractivity contribution in [3.8, 4) is 0 Å². The second kappa shape index (κ2) is 4.48. The SMILES string of the molecule is CC12CCC(Br)=CC1=CCC1C3CCCC3CCC12. The van der Waals surface area contributed by atoms with Gasteiger partial charge in [0.25, 0.3) is 0 Å². The summed E-state index contributed by atoms with van der Waals surface area (Å²) in [4.78, 5) is 0. The number of halogens is 1. The highest BCUT2D eigenvalue weighted by Crippen LogP contribution is 2.60. The minimum atomic E-state index is 0.494. The molecular formula is C18H25Br. The zero-order valence-corrected chi connectivity index (χ0v) is 13.6. The Kier molecular flexibility index (Phi) is 2.99. The van der Waals surface area contributed by atoms with Crippen LogP contribution in [-0.2, 0) is 0 Å². The third-order valence-electron chi connectivity index (χ3n) is 6.92. The summed E-state index contributed by atoms with van der Waals surface area (Å²) in [5.74, 6) is 4.15. The molecule has 0 spiro atoms. The van der Waals surface area contributed by atoms with E-state index in [-0.39, 0.29) is 0 Å². The van der Waals surface area contributed by atoms with Crippen molar-refractivity contribution in [2.75, 3.05) is 0 Å². The standard InChI is InChI=1S/C18H25Br/c1-18-10-9-14(19)11-13(18)6-7-16-15-4-2-3-12(15)5-8-17(16)18/h6,11-12,15-17H,2-5,7-10H2,1H3. The number of fused-ring (bicyclic) bond motifs is 5. The first kappa shape index (κ1) is 12.7. The van der Waals surface area contributed by atoms with E-state index in [1.807, 2.05) is 0 Å². The summed E-state index contributed by atoms with van der Waals surface area (Å²) in [7, 11) is 0. The largest absolute Gasteiger partial charge is 0.0804 e. The Labute approximate surface area is 125 Å². The van der Waals surface area contributed by atoms with Crippen molar-refractivity contribution < 1.29 is 0 Å². The first-order valence-corrected chi connectivity index (χ1v) is 9.04. The van der Waals surface area contributed by atoms with E-state index in [2.05, 4.69) is 35.0 Å². The summed E-state index contributed by atoms with van der Waals surface area (Å²) in [6.45, 7) is 2.57. The summed E-state index contributed by atoms with van der Waals surface area (Å²) in [5, 5.41) is 0. The normalized spacial score (nSPS) is 48.7. The van der Waals surface area contributed by atoms with E-state index in [1.165, 1.54) is 55.8 Å².